The highest BCUT2D eigenvalue weighted by Gasteiger charge is 2.14. The van der Waals surface area contributed by atoms with Crippen LogP contribution in [0.15, 0.2) is 42.5 Å². The van der Waals surface area contributed by atoms with Crippen molar-refractivity contribution >= 4 is 23.3 Å². The van der Waals surface area contributed by atoms with Gasteiger partial charge in [0, 0.05) is 13.0 Å². The fourth-order valence-electron chi connectivity index (χ4n) is 2.46. The summed E-state index contributed by atoms with van der Waals surface area (Å²) in [6, 6.07) is 12.6. The Bertz CT molecular complexity index is 774. The number of hydrogen-bond acceptors (Lipinski definition) is 5. The van der Waals surface area contributed by atoms with E-state index in [1.54, 1.807) is 38.3 Å². The Morgan fingerprint density at radius 2 is 1.85 bits per heavy atom. The molecule has 0 bridgehead atoms. The van der Waals surface area contributed by atoms with Crippen molar-refractivity contribution in [3.63, 3.8) is 0 Å². The Hall–Kier alpha value is -3.02. The van der Waals surface area contributed by atoms with Gasteiger partial charge in [0.25, 0.3) is 0 Å². The topological polar surface area (TPSA) is 76.7 Å². The predicted molar refractivity (Wildman–Crippen MR) is 102 cm³/mol. The van der Waals surface area contributed by atoms with Gasteiger partial charge in [0.2, 0.25) is 5.91 Å². The number of para-hydroxylation sites is 1. The van der Waals surface area contributed by atoms with Crippen LogP contribution in [0.4, 0.5) is 11.4 Å². The Morgan fingerprint density at radius 3 is 2.58 bits per heavy atom. The maximum atomic E-state index is 12.2. The van der Waals surface area contributed by atoms with E-state index in [-0.39, 0.29) is 18.9 Å². The van der Waals surface area contributed by atoms with Crippen LogP contribution in [-0.4, -0.2) is 32.1 Å². The van der Waals surface area contributed by atoms with Gasteiger partial charge in [-0.15, -0.1) is 0 Å². The second kappa shape index (κ2) is 9.46. The molecule has 2 aromatic carbocycles. The van der Waals surface area contributed by atoms with Crippen molar-refractivity contribution in [1.29, 1.82) is 0 Å². The van der Waals surface area contributed by atoms with Crippen molar-refractivity contribution in [2.75, 3.05) is 30.9 Å². The molecular weight excluding hydrogens is 332 g/mol. The van der Waals surface area contributed by atoms with Gasteiger partial charge >= 0.3 is 5.97 Å². The van der Waals surface area contributed by atoms with Crippen molar-refractivity contribution in [3.8, 4) is 5.75 Å². The highest BCUT2D eigenvalue weighted by molar-refractivity contribution is 6.01. The van der Waals surface area contributed by atoms with E-state index in [0.29, 0.717) is 17.8 Å². The number of amides is 1. The summed E-state index contributed by atoms with van der Waals surface area (Å²) in [6.45, 7) is 4.45. The molecule has 0 heterocycles. The lowest BCUT2D eigenvalue weighted by molar-refractivity contribution is -0.115. The molecule has 2 N–H and O–H groups in total. The van der Waals surface area contributed by atoms with Crippen molar-refractivity contribution in [1.82, 2.24) is 0 Å². The Balaban J connectivity index is 1.94. The number of rotatable bonds is 8. The van der Waals surface area contributed by atoms with Gasteiger partial charge in [-0.2, -0.15) is 0 Å². The average molecular weight is 356 g/mol. The van der Waals surface area contributed by atoms with Crippen molar-refractivity contribution in [2.45, 2.75) is 20.3 Å². The number of methoxy groups -OCH3 is 1. The Labute approximate surface area is 153 Å². The fourth-order valence-corrected chi connectivity index (χ4v) is 2.46. The van der Waals surface area contributed by atoms with Gasteiger partial charge in [-0.05, 0) is 43.7 Å². The number of aryl methyl sites for hydroxylation is 1. The first-order chi connectivity index (χ1) is 12.5. The maximum Gasteiger partial charge on any atom is 0.340 e. The monoisotopic (exact) mass is 356 g/mol. The van der Waals surface area contributed by atoms with Crippen LogP contribution < -0.4 is 15.4 Å². The molecule has 0 fully saturated rings. The summed E-state index contributed by atoms with van der Waals surface area (Å²) in [7, 11) is 1.61. The minimum absolute atomic E-state index is 0.194. The van der Waals surface area contributed by atoms with E-state index >= 15 is 0 Å². The summed E-state index contributed by atoms with van der Waals surface area (Å²) in [5.41, 5.74) is 2.73. The van der Waals surface area contributed by atoms with Gasteiger partial charge in [-0.1, -0.05) is 18.2 Å². The number of carbonyl (C=O) groups excluding carboxylic acids is 2. The van der Waals surface area contributed by atoms with Gasteiger partial charge < -0.3 is 20.1 Å². The second-order valence-corrected chi connectivity index (χ2v) is 5.69. The normalized spacial score (nSPS) is 10.1. The second-order valence-electron chi connectivity index (χ2n) is 5.69. The van der Waals surface area contributed by atoms with Crippen LogP contribution in [-0.2, 0) is 9.53 Å². The molecule has 0 atom stereocenters. The highest BCUT2D eigenvalue weighted by Crippen LogP contribution is 2.25. The number of esters is 1. The smallest absolute Gasteiger partial charge is 0.340 e. The van der Waals surface area contributed by atoms with Crippen molar-refractivity contribution < 1.29 is 19.1 Å². The summed E-state index contributed by atoms with van der Waals surface area (Å²) in [5, 5.41) is 5.97. The molecular formula is C20H24N2O4. The average Bonchev–Trinajstić information content (AvgIpc) is 2.62. The molecule has 0 aliphatic heterocycles. The van der Waals surface area contributed by atoms with E-state index in [0.717, 1.165) is 17.0 Å². The molecule has 2 aromatic rings. The first-order valence-corrected chi connectivity index (χ1v) is 8.49. The molecule has 26 heavy (non-hydrogen) atoms. The summed E-state index contributed by atoms with van der Waals surface area (Å²) < 4.78 is 10.3. The summed E-state index contributed by atoms with van der Waals surface area (Å²) in [5.74, 6) is 0.0792. The molecule has 0 aliphatic carbocycles. The van der Waals surface area contributed by atoms with Gasteiger partial charge in [0.05, 0.1) is 30.7 Å². The molecule has 138 valence electrons. The first kappa shape index (κ1) is 19.3. The van der Waals surface area contributed by atoms with Crippen LogP contribution in [0.2, 0.25) is 0 Å². The minimum Gasteiger partial charge on any atom is -0.495 e. The van der Waals surface area contributed by atoms with E-state index < -0.39 is 5.97 Å². The lowest BCUT2D eigenvalue weighted by Crippen LogP contribution is -2.18. The van der Waals surface area contributed by atoms with Gasteiger partial charge in [-0.3, -0.25) is 4.79 Å². The summed E-state index contributed by atoms with van der Waals surface area (Å²) >= 11 is 0. The molecule has 0 aliphatic rings. The number of carbonyl (C=O) groups is 2. The molecule has 0 unspecified atom stereocenters. The molecule has 0 saturated heterocycles. The fraction of sp³-hybridized carbons (Fsp3) is 0.300. The zero-order valence-corrected chi connectivity index (χ0v) is 15.3. The molecule has 0 saturated carbocycles. The van der Waals surface area contributed by atoms with Gasteiger partial charge in [-0.25, -0.2) is 4.79 Å². The maximum absolute atomic E-state index is 12.2. The van der Waals surface area contributed by atoms with Crippen molar-refractivity contribution in [3.05, 3.63) is 53.6 Å². The van der Waals surface area contributed by atoms with E-state index in [1.165, 1.54) is 0 Å². The highest BCUT2D eigenvalue weighted by atomic mass is 16.5. The third-order valence-corrected chi connectivity index (χ3v) is 3.72. The lowest BCUT2D eigenvalue weighted by atomic mass is 10.1. The zero-order chi connectivity index (χ0) is 18.9. The van der Waals surface area contributed by atoms with Crippen LogP contribution >= 0.6 is 0 Å². The van der Waals surface area contributed by atoms with Crippen LogP contribution in [0.5, 0.6) is 5.75 Å². The SMILES string of the molecule is CCOC(=O)c1ccccc1NC(=O)CCNc1cc(C)ccc1OC. The van der Waals surface area contributed by atoms with E-state index in [4.69, 9.17) is 9.47 Å². The molecule has 0 spiro atoms. The Kier molecular flexibility index (Phi) is 7.02. The largest absolute Gasteiger partial charge is 0.495 e. The standard InChI is InChI=1S/C20H24N2O4/c1-4-26-20(24)15-7-5-6-8-16(15)22-19(23)11-12-21-17-13-14(2)9-10-18(17)25-3/h5-10,13,21H,4,11-12H2,1-3H3,(H,22,23). The molecule has 6 heteroatoms. The predicted octanol–water partition coefficient (Wildman–Crippen LogP) is 3.62. The van der Waals surface area contributed by atoms with Crippen LogP contribution in [0.1, 0.15) is 29.3 Å². The minimum atomic E-state index is -0.453. The number of benzene rings is 2. The van der Waals surface area contributed by atoms with Gasteiger partial charge in [0.1, 0.15) is 5.75 Å². The molecule has 6 nitrogen and oxygen atoms in total. The lowest BCUT2D eigenvalue weighted by Gasteiger charge is -2.13. The van der Waals surface area contributed by atoms with E-state index in [2.05, 4.69) is 10.6 Å². The molecule has 2 rings (SSSR count). The number of nitrogens with one attached hydrogen (secondary N) is 2. The number of hydrogen-bond donors (Lipinski definition) is 2. The summed E-state index contributed by atoms with van der Waals surface area (Å²) in [6.07, 6.45) is 0.244. The molecule has 1 amide bonds. The quantitative estimate of drug-likeness (QED) is 0.707. The number of anilines is 2. The number of ether oxygens (including phenoxy) is 2. The molecule has 0 aromatic heterocycles. The van der Waals surface area contributed by atoms with Crippen molar-refractivity contribution in [2.24, 2.45) is 0 Å². The van der Waals surface area contributed by atoms with Gasteiger partial charge in [0.15, 0.2) is 0 Å². The zero-order valence-electron chi connectivity index (χ0n) is 15.3. The van der Waals surface area contributed by atoms with E-state index in [1.807, 2.05) is 25.1 Å². The van der Waals surface area contributed by atoms with Crippen LogP contribution in [0.3, 0.4) is 0 Å². The van der Waals surface area contributed by atoms with Crippen LogP contribution in [0.25, 0.3) is 0 Å². The first-order valence-electron chi connectivity index (χ1n) is 8.49. The Morgan fingerprint density at radius 1 is 1.08 bits per heavy atom. The summed E-state index contributed by atoms with van der Waals surface area (Å²) in [4.78, 5) is 24.2. The third kappa shape index (κ3) is 5.24. The van der Waals surface area contributed by atoms with E-state index in [9.17, 15) is 9.59 Å². The molecule has 0 radical (unpaired) electrons. The van der Waals surface area contributed by atoms with Crippen LogP contribution in [0, 0.1) is 6.92 Å². The third-order valence-electron chi connectivity index (χ3n) is 3.72.